The summed E-state index contributed by atoms with van der Waals surface area (Å²) in [6, 6.07) is 1.60. The van der Waals surface area contributed by atoms with Crippen molar-refractivity contribution >= 4 is 28.8 Å². The van der Waals surface area contributed by atoms with Crippen molar-refractivity contribution in [1.29, 1.82) is 0 Å². The van der Waals surface area contributed by atoms with Crippen molar-refractivity contribution in [2.24, 2.45) is 5.92 Å². The fraction of sp³-hybridized carbons (Fsp3) is 0.471. The Labute approximate surface area is 172 Å². The molecule has 1 amide bonds. The average Bonchev–Trinajstić information content (AvgIpc) is 3.17. The number of imidazole rings is 1. The number of aliphatic hydroxyl groups excluding tert-OH is 1. The maximum Gasteiger partial charge on any atom is 0.417 e. The van der Waals surface area contributed by atoms with Gasteiger partial charge in [0.1, 0.15) is 11.6 Å². The number of rotatable bonds is 6. The van der Waals surface area contributed by atoms with E-state index in [0.29, 0.717) is 48.3 Å². The number of aliphatic hydroxyl groups is 1. The lowest BCUT2D eigenvalue weighted by Crippen LogP contribution is -2.46. The number of carbonyl (C=O) groups excluding carboxylic acids is 1. The van der Waals surface area contributed by atoms with Crippen LogP contribution in [0.5, 0.6) is 0 Å². The summed E-state index contributed by atoms with van der Waals surface area (Å²) < 4.78 is 61.8. The van der Waals surface area contributed by atoms with E-state index >= 15 is 0 Å². The second-order valence-electron chi connectivity index (χ2n) is 6.74. The molecule has 0 spiro atoms. The molecule has 2 aromatic heterocycles. The largest absolute Gasteiger partial charge is 0.417 e. The van der Waals surface area contributed by atoms with Gasteiger partial charge in [0.25, 0.3) is 11.3 Å². The monoisotopic (exact) mass is 447 g/mol. The number of pyridine rings is 1. The average molecular weight is 447 g/mol. The zero-order valence-corrected chi connectivity index (χ0v) is 16.5. The molecule has 164 valence electrons. The normalized spacial score (nSPS) is 18.3. The predicted octanol–water partition coefficient (Wildman–Crippen LogP) is 1.68. The van der Waals surface area contributed by atoms with E-state index in [-0.39, 0.29) is 19.0 Å². The summed E-state index contributed by atoms with van der Waals surface area (Å²) in [5, 5.41) is 9.00. The van der Waals surface area contributed by atoms with E-state index in [0.717, 1.165) is 6.07 Å². The molecule has 1 aliphatic rings. The predicted molar refractivity (Wildman–Crippen MR) is 102 cm³/mol. The van der Waals surface area contributed by atoms with Crippen LogP contribution in [0.15, 0.2) is 30.9 Å². The quantitative estimate of drug-likeness (QED) is 0.648. The smallest absolute Gasteiger partial charge is 0.395 e. The van der Waals surface area contributed by atoms with E-state index in [1.165, 1.54) is 0 Å². The molecule has 0 saturated carbocycles. The van der Waals surface area contributed by atoms with Gasteiger partial charge in [-0.2, -0.15) is 17.5 Å². The number of alkyl halides is 3. The first-order chi connectivity index (χ1) is 14.2. The highest BCUT2D eigenvalue weighted by Crippen LogP contribution is 2.30. The molecule has 1 aliphatic heterocycles. The number of aromatic nitrogens is 3. The fourth-order valence-electron chi connectivity index (χ4n) is 3.25. The fourth-order valence-corrected chi connectivity index (χ4v) is 3.82. The number of amides is 1. The molecule has 9 nitrogen and oxygen atoms in total. The van der Waals surface area contributed by atoms with Crippen molar-refractivity contribution in [2.75, 3.05) is 28.9 Å². The van der Waals surface area contributed by atoms with E-state index in [1.54, 1.807) is 17.1 Å². The van der Waals surface area contributed by atoms with Crippen LogP contribution in [0, 0.1) is 5.92 Å². The van der Waals surface area contributed by atoms with Crippen LogP contribution < -0.4 is 9.21 Å². The SMILES string of the molecule is O=C([C@@H]1CCCN(c2cn(CCO)cn2)C1)N(c1ccc(C(F)(F)F)cn1)S(=O)O. The zero-order valence-electron chi connectivity index (χ0n) is 15.7. The molecule has 0 radical (unpaired) electrons. The van der Waals surface area contributed by atoms with Crippen LogP contribution in [0.25, 0.3) is 0 Å². The van der Waals surface area contributed by atoms with E-state index < -0.39 is 34.8 Å². The Kier molecular flexibility index (Phi) is 6.73. The highest BCUT2D eigenvalue weighted by Gasteiger charge is 2.35. The Morgan fingerprint density at radius 2 is 2.10 bits per heavy atom. The van der Waals surface area contributed by atoms with Gasteiger partial charge in [-0.1, -0.05) is 0 Å². The minimum atomic E-state index is -4.61. The molecular formula is C17H20F3N5O4S. The van der Waals surface area contributed by atoms with Gasteiger partial charge in [0.05, 0.1) is 24.4 Å². The van der Waals surface area contributed by atoms with E-state index in [2.05, 4.69) is 9.97 Å². The van der Waals surface area contributed by atoms with Crippen LogP contribution in [0.3, 0.4) is 0 Å². The van der Waals surface area contributed by atoms with Crippen LogP contribution in [0.1, 0.15) is 18.4 Å². The number of carbonyl (C=O) groups is 1. The van der Waals surface area contributed by atoms with E-state index in [1.807, 2.05) is 4.90 Å². The Morgan fingerprint density at radius 1 is 1.33 bits per heavy atom. The van der Waals surface area contributed by atoms with Crippen molar-refractivity contribution in [3.8, 4) is 0 Å². The van der Waals surface area contributed by atoms with Crippen LogP contribution in [0.2, 0.25) is 0 Å². The van der Waals surface area contributed by atoms with Crippen molar-refractivity contribution in [3.63, 3.8) is 0 Å². The van der Waals surface area contributed by atoms with Gasteiger partial charge in [0.15, 0.2) is 0 Å². The van der Waals surface area contributed by atoms with Crippen molar-refractivity contribution in [1.82, 2.24) is 14.5 Å². The lowest BCUT2D eigenvalue weighted by atomic mass is 9.97. The number of nitrogens with zero attached hydrogens (tertiary/aromatic N) is 5. The first-order valence-electron chi connectivity index (χ1n) is 9.06. The summed E-state index contributed by atoms with van der Waals surface area (Å²) in [6.45, 7) is 1.18. The van der Waals surface area contributed by atoms with Gasteiger partial charge in [-0.05, 0) is 25.0 Å². The maximum absolute atomic E-state index is 12.9. The van der Waals surface area contributed by atoms with Crippen LogP contribution in [0.4, 0.5) is 24.8 Å². The summed E-state index contributed by atoms with van der Waals surface area (Å²) in [7, 11) is 0. The highest BCUT2D eigenvalue weighted by molar-refractivity contribution is 7.81. The number of anilines is 2. The molecule has 0 aromatic carbocycles. The van der Waals surface area contributed by atoms with Crippen LogP contribution >= 0.6 is 0 Å². The summed E-state index contributed by atoms with van der Waals surface area (Å²) >= 11 is -2.79. The molecule has 1 fully saturated rings. The van der Waals surface area contributed by atoms with Crippen molar-refractivity contribution in [2.45, 2.75) is 25.6 Å². The van der Waals surface area contributed by atoms with Gasteiger partial charge >= 0.3 is 6.18 Å². The van der Waals surface area contributed by atoms with Gasteiger partial charge in [-0.25, -0.2) is 14.2 Å². The summed E-state index contributed by atoms with van der Waals surface area (Å²) in [4.78, 5) is 22.6. The first-order valence-corrected chi connectivity index (χ1v) is 10.1. The van der Waals surface area contributed by atoms with Crippen LogP contribution in [-0.4, -0.2) is 54.0 Å². The minimum absolute atomic E-state index is 0.0473. The van der Waals surface area contributed by atoms with Crippen LogP contribution in [-0.2, 0) is 28.8 Å². The molecule has 1 saturated heterocycles. The molecule has 2 aromatic rings. The molecule has 1 unspecified atom stereocenters. The molecule has 2 atom stereocenters. The number of hydrogen-bond acceptors (Lipinski definition) is 6. The lowest BCUT2D eigenvalue weighted by Gasteiger charge is -2.33. The van der Waals surface area contributed by atoms with Crippen molar-refractivity contribution < 1.29 is 31.8 Å². The molecular weight excluding hydrogens is 427 g/mol. The molecule has 2 N–H and O–H groups in total. The third-order valence-electron chi connectivity index (χ3n) is 4.71. The molecule has 13 heteroatoms. The Bertz CT molecular complexity index is 906. The third-order valence-corrected chi connectivity index (χ3v) is 5.39. The summed E-state index contributed by atoms with van der Waals surface area (Å²) in [6.07, 6.45) is 0.253. The molecule has 0 bridgehead atoms. The van der Waals surface area contributed by atoms with Crippen molar-refractivity contribution in [3.05, 3.63) is 36.4 Å². The maximum atomic E-state index is 12.9. The van der Waals surface area contributed by atoms with Gasteiger partial charge in [-0.3, -0.25) is 9.35 Å². The van der Waals surface area contributed by atoms with Gasteiger partial charge in [0.2, 0.25) is 5.91 Å². The molecule has 3 rings (SSSR count). The Morgan fingerprint density at radius 3 is 2.70 bits per heavy atom. The Balaban J connectivity index is 1.77. The summed E-state index contributed by atoms with van der Waals surface area (Å²) in [5.41, 5.74) is -1.02. The number of piperidine rings is 1. The number of hydrogen-bond donors (Lipinski definition) is 2. The van der Waals surface area contributed by atoms with Gasteiger partial charge in [-0.15, -0.1) is 0 Å². The second kappa shape index (κ2) is 9.10. The lowest BCUT2D eigenvalue weighted by molar-refractivity contribution is -0.137. The number of halogens is 3. The Hall–Kier alpha value is -2.51. The molecule has 0 aliphatic carbocycles. The zero-order chi connectivity index (χ0) is 21.9. The van der Waals surface area contributed by atoms with E-state index in [9.17, 15) is 26.7 Å². The highest BCUT2D eigenvalue weighted by atomic mass is 32.2. The second-order valence-corrected chi connectivity index (χ2v) is 7.57. The van der Waals surface area contributed by atoms with E-state index in [4.69, 9.17) is 5.11 Å². The summed E-state index contributed by atoms with van der Waals surface area (Å²) in [5.74, 6) is -1.10. The molecule has 30 heavy (non-hydrogen) atoms. The van der Waals surface area contributed by atoms with Gasteiger partial charge in [0, 0.05) is 32.0 Å². The topological polar surface area (TPSA) is 112 Å². The minimum Gasteiger partial charge on any atom is -0.395 e. The standard InChI is InChI=1S/C17H20F3N5O4S/c18-17(19,20)13-3-4-14(21-8-13)25(30(28)29)16(27)12-2-1-5-24(9-12)15-10-23(6-7-26)11-22-15/h3-4,8,10-12,26H,1-2,5-7,9H2,(H,28,29)/t12-/m1/s1. The van der Waals surface area contributed by atoms with Gasteiger partial charge < -0.3 is 14.6 Å². The third kappa shape index (κ3) is 4.96. The molecule has 3 heterocycles. The first kappa shape index (κ1) is 22.2.